The van der Waals surface area contributed by atoms with E-state index >= 15 is 0 Å². The van der Waals surface area contributed by atoms with Crippen molar-refractivity contribution in [3.8, 4) is 0 Å². The molecular formula is C14H14BrN3O3. The monoisotopic (exact) mass is 351 g/mol. The van der Waals surface area contributed by atoms with Crippen molar-refractivity contribution in [1.82, 2.24) is 10.2 Å². The Labute approximate surface area is 130 Å². The van der Waals surface area contributed by atoms with Crippen molar-refractivity contribution in [3.63, 3.8) is 0 Å². The van der Waals surface area contributed by atoms with Gasteiger partial charge in [-0.15, -0.1) is 0 Å². The highest BCUT2D eigenvalue weighted by atomic mass is 79.9. The topological polar surface area (TPSA) is 82.0 Å². The van der Waals surface area contributed by atoms with Gasteiger partial charge in [-0.3, -0.25) is 9.79 Å². The first-order valence-electron chi connectivity index (χ1n) is 6.65. The first-order chi connectivity index (χ1) is 10.00. The number of hydrogen-bond donors (Lipinski definition) is 2. The van der Waals surface area contributed by atoms with E-state index in [2.05, 4.69) is 26.2 Å². The molecule has 0 unspecified atom stereocenters. The predicted molar refractivity (Wildman–Crippen MR) is 80.4 cm³/mol. The fourth-order valence-corrected chi connectivity index (χ4v) is 3.10. The minimum Gasteiger partial charge on any atom is -0.465 e. The van der Waals surface area contributed by atoms with Crippen LogP contribution in [0, 0.1) is 0 Å². The quantitative estimate of drug-likeness (QED) is 0.809. The first-order valence-corrected chi connectivity index (χ1v) is 7.45. The third-order valence-corrected chi connectivity index (χ3v) is 4.43. The Morgan fingerprint density at radius 1 is 1.38 bits per heavy atom. The van der Waals surface area contributed by atoms with Crippen LogP contribution in [0.3, 0.4) is 0 Å². The Kier molecular flexibility index (Phi) is 3.44. The fraction of sp³-hybridized carbons (Fsp3) is 0.357. The van der Waals surface area contributed by atoms with Crippen molar-refractivity contribution < 1.29 is 14.7 Å². The summed E-state index contributed by atoms with van der Waals surface area (Å²) in [4.78, 5) is 29.1. The largest absolute Gasteiger partial charge is 0.465 e. The molecule has 1 fully saturated rings. The summed E-state index contributed by atoms with van der Waals surface area (Å²) in [6, 6.07) is 7.56. The average Bonchev–Trinajstić information content (AvgIpc) is 2.77. The van der Waals surface area contributed by atoms with E-state index in [-0.39, 0.29) is 5.91 Å². The highest BCUT2D eigenvalue weighted by Crippen LogP contribution is 2.31. The molecule has 2 amide bonds. The summed E-state index contributed by atoms with van der Waals surface area (Å²) in [5.41, 5.74) is 0.0270. The third-order valence-electron chi connectivity index (χ3n) is 3.94. The van der Waals surface area contributed by atoms with Gasteiger partial charge in [0.1, 0.15) is 11.4 Å². The molecule has 110 valence electrons. The number of halogens is 1. The number of nitrogens with zero attached hydrogens (tertiary/aromatic N) is 2. The van der Waals surface area contributed by atoms with Crippen LogP contribution in [0.4, 0.5) is 4.79 Å². The lowest BCUT2D eigenvalue weighted by atomic mass is 9.88. The number of rotatable bonds is 1. The zero-order valence-corrected chi connectivity index (χ0v) is 12.8. The fourth-order valence-electron chi connectivity index (χ4n) is 2.70. The maximum Gasteiger partial charge on any atom is 0.407 e. The van der Waals surface area contributed by atoms with Gasteiger partial charge in [0.25, 0.3) is 5.91 Å². The van der Waals surface area contributed by atoms with Crippen molar-refractivity contribution >= 4 is 33.8 Å². The number of carbonyl (C=O) groups is 2. The number of carboxylic acid groups (broad SMARTS) is 1. The highest BCUT2D eigenvalue weighted by Gasteiger charge is 2.46. The molecule has 0 saturated carbocycles. The number of likely N-dealkylation sites (tertiary alicyclic amines) is 1. The molecule has 2 aliphatic heterocycles. The van der Waals surface area contributed by atoms with Gasteiger partial charge in [-0.2, -0.15) is 0 Å². The van der Waals surface area contributed by atoms with E-state index in [1.54, 1.807) is 0 Å². The van der Waals surface area contributed by atoms with Crippen LogP contribution in [0.2, 0.25) is 0 Å². The van der Waals surface area contributed by atoms with Crippen LogP contribution in [0.25, 0.3) is 0 Å². The number of piperidine rings is 1. The van der Waals surface area contributed by atoms with Crippen LogP contribution in [0.15, 0.2) is 33.7 Å². The number of hydrogen-bond acceptors (Lipinski definition) is 3. The standard InChI is InChI=1S/C14H14BrN3O3/c15-10-3-1-2-9(8-10)11-16-12(19)14(17-11)4-6-18(7-5-14)13(20)21/h1-3,8H,4-7H2,(H,20,21)(H,16,17,19). The molecule has 1 aromatic carbocycles. The van der Waals surface area contributed by atoms with Gasteiger partial charge in [0.2, 0.25) is 0 Å². The van der Waals surface area contributed by atoms with E-state index in [0.29, 0.717) is 31.8 Å². The SMILES string of the molecule is O=C(O)N1CCC2(CC1)N=C(c1cccc(Br)c1)NC2=O. The van der Waals surface area contributed by atoms with Crippen LogP contribution >= 0.6 is 15.9 Å². The van der Waals surface area contributed by atoms with E-state index < -0.39 is 11.6 Å². The van der Waals surface area contributed by atoms with Crippen molar-refractivity contribution in [1.29, 1.82) is 0 Å². The highest BCUT2D eigenvalue weighted by molar-refractivity contribution is 9.10. The van der Waals surface area contributed by atoms with Gasteiger partial charge < -0.3 is 15.3 Å². The summed E-state index contributed by atoms with van der Waals surface area (Å²) >= 11 is 3.40. The minimum absolute atomic E-state index is 0.137. The Morgan fingerprint density at radius 2 is 2.10 bits per heavy atom. The molecular weight excluding hydrogens is 338 g/mol. The van der Waals surface area contributed by atoms with E-state index in [1.807, 2.05) is 24.3 Å². The zero-order valence-electron chi connectivity index (χ0n) is 11.2. The lowest BCUT2D eigenvalue weighted by molar-refractivity contribution is -0.125. The van der Waals surface area contributed by atoms with Crippen molar-refractivity contribution in [2.45, 2.75) is 18.4 Å². The number of aliphatic imine (C=N–C) groups is 1. The van der Waals surface area contributed by atoms with Gasteiger partial charge in [0.15, 0.2) is 0 Å². The van der Waals surface area contributed by atoms with Gasteiger partial charge >= 0.3 is 6.09 Å². The molecule has 7 heteroatoms. The molecule has 0 aromatic heterocycles. The van der Waals surface area contributed by atoms with Gasteiger partial charge in [-0.25, -0.2) is 4.79 Å². The van der Waals surface area contributed by atoms with Gasteiger partial charge in [0, 0.05) is 23.1 Å². The number of amidine groups is 1. The normalized spacial score (nSPS) is 20.3. The van der Waals surface area contributed by atoms with E-state index in [4.69, 9.17) is 5.11 Å². The van der Waals surface area contributed by atoms with E-state index in [9.17, 15) is 9.59 Å². The zero-order chi connectivity index (χ0) is 15.0. The molecule has 0 bridgehead atoms. The smallest absolute Gasteiger partial charge is 0.407 e. The molecule has 1 aromatic rings. The van der Waals surface area contributed by atoms with E-state index in [0.717, 1.165) is 10.0 Å². The maximum absolute atomic E-state index is 12.3. The predicted octanol–water partition coefficient (Wildman–Crippen LogP) is 1.84. The summed E-state index contributed by atoms with van der Waals surface area (Å²) in [5, 5.41) is 11.8. The summed E-state index contributed by atoms with van der Waals surface area (Å²) in [6.45, 7) is 0.663. The number of benzene rings is 1. The average molecular weight is 352 g/mol. The molecule has 0 radical (unpaired) electrons. The van der Waals surface area contributed by atoms with Crippen LogP contribution in [0.5, 0.6) is 0 Å². The van der Waals surface area contributed by atoms with Crippen LogP contribution in [-0.2, 0) is 4.79 Å². The first kappa shape index (κ1) is 14.1. The summed E-state index contributed by atoms with van der Waals surface area (Å²) in [7, 11) is 0. The van der Waals surface area contributed by atoms with Gasteiger partial charge in [0.05, 0.1) is 0 Å². The number of amides is 2. The molecule has 1 saturated heterocycles. The lowest BCUT2D eigenvalue weighted by Crippen LogP contribution is -2.50. The molecule has 1 spiro atoms. The van der Waals surface area contributed by atoms with Crippen LogP contribution in [-0.4, -0.2) is 46.5 Å². The lowest BCUT2D eigenvalue weighted by Gasteiger charge is -2.33. The third kappa shape index (κ3) is 2.53. The Morgan fingerprint density at radius 3 is 2.71 bits per heavy atom. The van der Waals surface area contributed by atoms with Crippen LogP contribution < -0.4 is 5.32 Å². The Hall–Kier alpha value is -1.89. The van der Waals surface area contributed by atoms with Gasteiger partial charge in [-0.05, 0) is 25.0 Å². The minimum atomic E-state index is -0.945. The second-order valence-corrected chi connectivity index (χ2v) is 6.14. The summed E-state index contributed by atoms with van der Waals surface area (Å²) in [6.07, 6.45) is -0.106. The molecule has 0 aliphatic carbocycles. The second kappa shape index (κ2) is 5.14. The molecule has 2 N–H and O–H groups in total. The van der Waals surface area contributed by atoms with E-state index in [1.165, 1.54) is 4.90 Å². The number of nitrogens with one attached hydrogen (secondary N) is 1. The molecule has 3 rings (SSSR count). The summed E-state index contributed by atoms with van der Waals surface area (Å²) in [5.74, 6) is 0.424. The van der Waals surface area contributed by atoms with Gasteiger partial charge in [-0.1, -0.05) is 28.1 Å². The Bertz CT molecular complexity index is 636. The maximum atomic E-state index is 12.3. The van der Waals surface area contributed by atoms with Crippen LogP contribution in [0.1, 0.15) is 18.4 Å². The molecule has 6 nitrogen and oxygen atoms in total. The molecule has 2 aliphatic rings. The second-order valence-electron chi connectivity index (χ2n) is 5.23. The number of carbonyl (C=O) groups excluding carboxylic acids is 1. The molecule has 2 heterocycles. The Balaban J connectivity index is 1.85. The summed E-state index contributed by atoms with van der Waals surface area (Å²) < 4.78 is 0.915. The van der Waals surface area contributed by atoms with Crippen molar-refractivity contribution in [3.05, 3.63) is 34.3 Å². The van der Waals surface area contributed by atoms with Crippen molar-refractivity contribution in [2.24, 2.45) is 4.99 Å². The molecule has 21 heavy (non-hydrogen) atoms. The van der Waals surface area contributed by atoms with Crippen molar-refractivity contribution in [2.75, 3.05) is 13.1 Å². The molecule has 0 atom stereocenters.